The molecule has 1 nitrogen and oxygen atoms in total. The lowest BCUT2D eigenvalue weighted by atomic mass is 10.3. The Kier molecular flexibility index (Phi) is 1.64. The van der Waals surface area contributed by atoms with E-state index in [0.29, 0.717) is 0 Å². The van der Waals surface area contributed by atoms with Crippen molar-refractivity contribution in [2.45, 2.75) is 0 Å². The summed E-state index contributed by atoms with van der Waals surface area (Å²) in [5.74, 6) is 0. The highest BCUT2D eigenvalue weighted by Crippen LogP contribution is 2.14. The molecule has 0 N–H and O–H groups in total. The van der Waals surface area contributed by atoms with Crippen molar-refractivity contribution < 1.29 is 0 Å². The lowest BCUT2D eigenvalue weighted by Crippen LogP contribution is -2.17. The van der Waals surface area contributed by atoms with Gasteiger partial charge in [0.05, 0.1) is 0 Å². The molecule has 11 heavy (non-hydrogen) atoms. The van der Waals surface area contributed by atoms with Gasteiger partial charge < -0.3 is 4.90 Å². The lowest BCUT2D eigenvalue weighted by molar-refractivity contribution is 1.01. The molecule has 1 aromatic rings. The number of hydrogen-bond acceptors (Lipinski definition) is 1. The molecular formula is C10H11N. The highest BCUT2D eigenvalue weighted by molar-refractivity contribution is 5.48. The average Bonchev–Trinajstić information content (AvgIpc) is 2.58. The summed E-state index contributed by atoms with van der Waals surface area (Å²) < 4.78 is 0. The van der Waals surface area contributed by atoms with E-state index in [9.17, 15) is 0 Å². The number of hydrogen-bond donors (Lipinski definition) is 0. The van der Waals surface area contributed by atoms with Crippen LogP contribution in [0.25, 0.3) is 0 Å². The molecule has 1 aromatic carbocycles. The molecule has 1 aliphatic rings. The normalized spacial score (nSPS) is 15.8. The minimum Gasteiger partial charge on any atom is -0.364 e. The van der Waals surface area contributed by atoms with Crippen LogP contribution in [0.2, 0.25) is 0 Å². The largest absolute Gasteiger partial charge is 0.364 e. The Labute approximate surface area is 67.0 Å². The SMILES string of the molecule is C1=CCN(c2ccccc2)C1. The van der Waals surface area contributed by atoms with Gasteiger partial charge in [0.25, 0.3) is 0 Å². The van der Waals surface area contributed by atoms with Crippen LogP contribution in [0.3, 0.4) is 0 Å². The number of nitrogens with zero attached hydrogens (tertiary/aromatic N) is 1. The molecule has 0 fully saturated rings. The maximum Gasteiger partial charge on any atom is 0.0371 e. The van der Waals surface area contributed by atoms with Crippen molar-refractivity contribution in [1.82, 2.24) is 0 Å². The summed E-state index contributed by atoms with van der Waals surface area (Å²) in [5, 5.41) is 0. The Balaban J connectivity index is 2.17. The fraction of sp³-hybridized carbons (Fsp3) is 0.200. The molecule has 56 valence electrons. The molecule has 1 aliphatic heterocycles. The molecule has 2 rings (SSSR count). The number of benzene rings is 1. The quantitative estimate of drug-likeness (QED) is 0.547. The van der Waals surface area contributed by atoms with Crippen LogP contribution in [0.15, 0.2) is 42.5 Å². The van der Waals surface area contributed by atoms with E-state index < -0.39 is 0 Å². The topological polar surface area (TPSA) is 3.24 Å². The van der Waals surface area contributed by atoms with Gasteiger partial charge in [-0.25, -0.2) is 0 Å². The molecular weight excluding hydrogens is 134 g/mol. The molecule has 0 atom stereocenters. The smallest absolute Gasteiger partial charge is 0.0371 e. The van der Waals surface area contributed by atoms with Gasteiger partial charge in [-0.1, -0.05) is 30.4 Å². The van der Waals surface area contributed by atoms with Crippen LogP contribution in [0.1, 0.15) is 0 Å². The first-order valence-electron chi connectivity index (χ1n) is 3.92. The molecule has 0 saturated heterocycles. The first-order chi connectivity index (χ1) is 5.47. The zero-order valence-corrected chi connectivity index (χ0v) is 6.40. The predicted molar refractivity (Wildman–Crippen MR) is 47.8 cm³/mol. The van der Waals surface area contributed by atoms with Crippen molar-refractivity contribution in [1.29, 1.82) is 0 Å². The van der Waals surface area contributed by atoms with Gasteiger partial charge in [0.2, 0.25) is 0 Å². The molecule has 0 radical (unpaired) electrons. The second-order valence-corrected chi connectivity index (χ2v) is 2.71. The van der Waals surface area contributed by atoms with Gasteiger partial charge in [-0.3, -0.25) is 0 Å². The van der Waals surface area contributed by atoms with Crippen LogP contribution in [-0.4, -0.2) is 13.1 Å². The zero-order chi connectivity index (χ0) is 7.52. The second-order valence-electron chi connectivity index (χ2n) is 2.71. The van der Waals surface area contributed by atoms with Crippen molar-refractivity contribution in [2.75, 3.05) is 18.0 Å². The van der Waals surface area contributed by atoms with E-state index >= 15 is 0 Å². The third-order valence-corrected chi connectivity index (χ3v) is 1.94. The number of rotatable bonds is 1. The third-order valence-electron chi connectivity index (χ3n) is 1.94. The van der Waals surface area contributed by atoms with Crippen LogP contribution in [-0.2, 0) is 0 Å². The minimum absolute atomic E-state index is 1.06. The molecule has 0 unspecified atom stereocenters. The molecule has 1 heteroatoms. The van der Waals surface area contributed by atoms with Gasteiger partial charge in [-0.2, -0.15) is 0 Å². The number of anilines is 1. The summed E-state index contributed by atoms with van der Waals surface area (Å²) in [7, 11) is 0. The highest BCUT2D eigenvalue weighted by atomic mass is 15.1. The summed E-state index contributed by atoms with van der Waals surface area (Å²) >= 11 is 0. The van der Waals surface area contributed by atoms with Crippen molar-refractivity contribution in [3.8, 4) is 0 Å². The fourth-order valence-electron chi connectivity index (χ4n) is 1.33. The zero-order valence-electron chi connectivity index (χ0n) is 6.40. The second kappa shape index (κ2) is 2.79. The van der Waals surface area contributed by atoms with Gasteiger partial charge >= 0.3 is 0 Å². The van der Waals surface area contributed by atoms with Gasteiger partial charge in [0.1, 0.15) is 0 Å². The summed E-state index contributed by atoms with van der Waals surface area (Å²) in [5.41, 5.74) is 1.32. The first kappa shape index (κ1) is 6.47. The maximum absolute atomic E-state index is 2.33. The Hall–Kier alpha value is -1.24. The minimum atomic E-state index is 1.06. The van der Waals surface area contributed by atoms with Gasteiger partial charge in [0, 0.05) is 18.8 Å². The van der Waals surface area contributed by atoms with Crippen molar-refractivity contribution in [2.24, 2.45) is 0 Å². The summed E-state index contributed by atoms with van der Waals surface area (Å²) in [6, 6.07) is 10.5. The molecule has 0 aliphatic carbocycles. The van der Waals surface area contributed by atoms with E-state index in [2.05, 4.69) is 41.3 Å². The van der Waals surface area contributed by atoms with E-state index in [1.54, 1.807) is 0 Å². The Morgan fingerprint density at radius 1 is 0.909 bits per heavy atom. The average molecular weight is 145 g/mol. The van der Waals surface area contributed by atoms with Crippen LogP contribution in [0.4, 0.5) is 5.69 Å². The molecule has 0 bridgehead atoms. The van der Waals surface area contributed by atoms with Crippen LogP contribution >= 0.6 is 0 Å². The molecule has 0 spiro atoms. The van der Waals surface area contributed by atoms with E-state index in [1.807, 2.05) is 6.07 Å². The van der Waals surface area contributed by atoms with E-state index in [0.717, 1.165) is 13.1 Å². The standard InChI is InChI=1S/C10H11N/c1-2-6-10(7-3-1)11-8-4-5-9-11/h1-7H,8-9H2. The third kappa shape index (κ3) is 1.27. The van der Waals surface area contributed by atoms with E-state index in [-0.39, 0.29) is 0 Å². The number of para-hydroxylation sites is 1. The van der Waals surface area contributed by atoms with E-state index in [4.69, 9.17) is 0 Å². The van der Waals surface area contributed by atoms with Gasteiger partial charge in [-0.15, -0.1) is 0 Å². The fourth-order valence-corrected chi connectivity index (χ4v) is 1.33. The monoisotopic (exact) mass is 145 g/mol. The Morgan fingerprint density at radius 2 is 1.55 bits per heavy atom. The molecule has 1 heterocycles. The van der Waals surface area contributed by atoms with Crippen LogP contribution in [0, 0.1) is 0 Å². The lowest BCUT2D eigenvalue weighted by Gasteiger charge is -2.16. The maximum atomic E-state index is 2.33. The van der Waals surface area contributed by atoms with E-state index in [1.165, 1.54) is 5.69 Å². The molecule has 0 aromatic heterocycles. The first-order valence-corrected chi connectivity index (χ1v) is 3.92. The highest BCUT2D eigenvalue weighted by Gasteiger charge is 2.04. The summed E-state index contributed by atoms with van der Waals surface area (Å²) in [6.45, 7) is 2.12. The molecule has 0 saturated carbocycles. The van der Waals surface area contributed by atoms with Crippen LogP contribution < -0.4 is 4.90 Å². The Morgan fingerprint density at radius 3 is 2.18 bits per heavy atom. The molecule has 0 amide bonds. The van der Waals surface area contributed by atoms with Gasteiger partial charge in [0.15, 0.2) is 0 Å². The van der Waals surface area contributed by atoms with Crippen LogP contribution in [0.5, 0.6) is 0 Å². The Bertz CT molecular complexity index is 243. The van der Waals surface area contributed by atoms with Crippen molar-refractivity contribution in [3.63, 3.8) is 0 Å². The predicted octanol–water partition coefficient (Wildman–Crippen LogP) is 2.06. The van der Waals surface area contributed by atoms with Crippen molar-refractivity contribution >= 4 is 5.69 Å². The van der Waals surface area contributed by atoms with Gasteiger partial charge in [-0.05, 0) is 12.1 Å². The summed E-state index contributed by atoms with van der Waals surface area (Å²) in [6.07, 6.45) is 4.40. The van der Waals surface area contributed by atoms with Crippen molar-refractivity contribution in [3.05, 3.63) is 42.5 Å². The summed E-state index contributed by atoms with van der Waals surface area (Å²) in [4.78, 5) is 2.33.